The first-order valence-corrected chi connectivity index (χ1v) is 5.92. The number of nitrogens with zero attached hydrogens (tertiary/aromatic N) is 1. The fraction of sp³-hybridized carbons (Fsp3) is 0.462. The summed E-state index contributed by atoms with van der Waals surface area (Å²) in [5, 5.41) is 0. The summed E-state index contributed by atoms with van der Waals surface area (Å²) in [4.78, 5) is 4.33. The van der Waals surface area contributed by atoms with Crippen LogP contribution < -0.4 is 5.73 Å². The number of benzene rings is 1. The van der Waals surface area contributed by atoms with Gasteiger partial charge >= 0.3 is 0 Å². The lowest BCUT2D eigenvalue weighted by Gasteiger charge is -2.11. The van der Waals surface area contributed by atoms with Crippen LogP contribution >= 0.6 is 0 Å². The fourth-order valence-electron chi connectivity index (χ4n) is 1.85. The van der Waals surface area contributed by atoms with E-state index in [-0.39, 0.29) is 11.9 Å². The van der Waals surface area contributed by atoms with Gasteiger partial charge in [0.05, 0.1) is 6.54 Å². The molecule has 0 spiro atoms. The summed E-state index contributed by atoms with van der Waals surface area (Å²) in [7, 11) is 0. The topological polar surface area (TPSA) is 47.6 Å². The van der Waals surface area contributed by atoms with Crippen molar-refractivity contribution in [3.05, 3.63) is 35.6 Å². The van der Waals surface area contributed by atoms with Crippen molar-refractivity contribution in [1.29, 1.82) is 0 Å². The predicted octanol–water partition coefficient (Wildman–Crippen LogP) is 1.90. The molecule has 3 nitrogen and oxygen atoms in total. The van der Waals surface area contributed by atoms with Gasteiger partial charge in [0, 0.05) is 12.8 Å². The third-order valence-electron chi connectivity index (χ3n) is 2.75. The van der Waals surface area contributed by atoms with Crippen molar-refractivity contribution in [2.75, 3.05) is 13.1 Å². The van der Waals surface area contributed by atoms with Crippen LogP contribution in [0.25, 0.3) is 0 Å². The van der Waals surface area contributed by atoms with Crippen LogP contribution in [0.4, 0.5) is 4.39 Å². The second-order valence-corrected chi connectivity index (χ2v) is 4.20. The summed E-state index contributed by atoms with van der Waals surface area (Å²) in [6, 6.07) is 6.52. The maximum Gasteiger partial charge on any atom is 0.183 e. The van der Waals surface area contributed by atoms with Crippen molar-refractivity contribution in [2.45, 2.75) is 25.4 Å². The van der Waals surface area contributed by atoms with Gasteiger partial charge in [0.15, 0.2) is 5.90 Å². The highest BCUT2D eigenvalue weighted by Crippen LogP contribution is 2.14. The Kier molecular flexibility index (Phi) is 4.09. The molecule has 0 fully saturated rings. The first-order chi connectivity index (χ1) is 8.28. The van der Waals surface area contributed by atoms with Crippen LogP contribution in [-0.4, -0.2) is 25.1 Å². The van der Waals surface area contributed by atoms with Gasteiger partial charge in [-0.1, -0.05) is 12.1 Å². The van der Waals surface area contributed by atoms with Gasteiger partial charge in [0.2, 0.25) is 0 Å². The van der Waals surface area contributed by atoms with Crippen molar-refractivity contribution >= 4 is 5.90 Å². The molecule has 0 aliphatic carbocycles. The van der Waals surface area contributed by atoms with Gasteiger partial charge in [0.1, 0.15) is 11.9 Å². The first-order valence-electron chi connectivity index (χ1n) is 5.92. The van der Waals surface area contributed by atoms with E-state index in [0.29, 0.717) is 13.1 Å². The predicted molar refractivity (Wildman–Crippen MR) is 65.6 cm³/mol. The Hall–Kier alpha value is -1.42. The molecule has 4 heteroatoms. The summed E-state index contributed by atoms with van der Waals surface area (Å²) in [5.41, 5.74) is 6.51. The van der Waals surface area contributed by atoms with E-state index >= 15 is 0 Å². The molecule has 1 aromatic rings. The van der Waals surface area contributed by atoms with Gasteiger partial charge in [-0.15, -0.1) is 0 Å². The lowest BCUT2D eigenvalue weighted by Crippen LogP contribution is -2.16. The molecular formula is C13H17FN2O. The van der Waals surface area contributed by atoms with Crippen LogP contribution in [0.15, 0.2) is 29.3 Å². The average molecular weight is 236 g/mol. The van der Waals surface area contributed by atoms with E-state index in [1.54, 1.807) is 12.1 Å². The summed E-state index contributed by atoms with van der Waals surface area (Å²) < 4.78 is 18.4. The van der Waals surface area contributed by atoms with Crippen LogP contribution in [0.2, 0.25) is 0 Å². The van der Waals surface area contributed by atoms with Crippen molar-refractivity contribution in [3.8, 4) is 0 Å². The lowest BCUT2D eigenvalue weighted by molar-refractivity contribution is 0.218. The van der Waals surface area contributed by atoms with Crippen molar-refractivity contribution in [2.24, 2.45) is 10.7 Å². The van der Waals surface area contributed by atoms with Crippen molar-refractivity contribution < 1.29 is 9.13 Å². The van der Waals surface area contributed by atoms with E-state index in [2.05, 4.69) is 4.99 Å². The molecule has 0 bridgehead atoms. The number of hydrogen-bond acceptors (Lipinski definition) is 3. The second kappa shape index (κ2) is 5.77. The average Bonchev–Trinajstić information content (AvgIpc) is 2.77. The van der Waals surface area contributed by atoms with Gasteiger partial charge in [-0.25, -0.2) is 4.39 Å². The number of nitrogens with two attached hydrogens (primary N) is 1. The molecule has 0 radical (unpaired) electrons. The number of hydrogen-bond donors (Lipinski definition) is 1. The van der Waals surface area contributed by atoms with E-state index < -0.39 is 0 Å². The van der Waals surface area contributed by atoms with E-state index in [9.17, 15) is 4.39 Å². The standard InChI is InChI=1S/C13H17FN2O/c14-11-5-3-10(4-6-11)8-12-9-16-13(17-12)2-1-7-15/h3-6,12H,1-2,7-9,15H2. The number of rotatable bonds is 5. The van der Waals surface area contributed by atoms with Gasteiger partial charge in [-0.2, -0.15) is 0 Å². The minimum atomic E-state index is -0.207. The maximum atomic E-state index is 12.7. The molecule has 92 valence electrons. The van der Waals surface area contributed by atoms with Crippen LogP contribution in [-0.2, 0) is 11.2 Å². The molecule has 1 aliphatic rings. The summed E-state index contributed by atoms with van der Waals surface area (Å²) in [5.74, 6) is 0.600. The van der Waals surface area contributed by atoms with Gasteiger partial charge in [-0.3, -0.25) is 4.99 Å². The Morgan fingerprint density at radius 2 is 2.12 bits per heavy atom. The molecule has 0 saturated carbocycles. The Labute approximate surface area is 100 Å². The van der Waals surface area contributed by atoms with E-state index in [1.807, 2.05) is 0 Å². The third kappa shape index (κ3) is 3.53. The normalized spacial score (nSPS) is 18.9. The molecule has 2 N–H and O–H groups in total. The van der Waals surface area contributed by atoms with E-state index in [0.717, 1.165) is 30.7 Å². The van der Waals surface area contributed by atoms with Crippen LogP contribution in [0, 0.1) is 5.82 Å². The van der Waals surface area contributed by atoms with E-state index in [1.165, 1.54) is 12.1 Å². The molecule has 2 rings (SSSR count). The Balaban J connectivity index is 1.81. The zero-order chi connectivity index (χ0) is 12.1. The van der Waals surface area contributed by atoms with E-state index in [4.69, 9.17) is 10.5 Å². The number of ether oxygens (including phenoxy) is 1. The first kappa shape index (κ1) is 12.0. The highest BCUT2D eigenvalue weighted by atomic mass is 19.1. The molecule has 1 aromatic carbocycles. The molecule has 0 saturated heterocycles. The minimum Gasteiger partial charge on any atom is -0.475 e. The molecular weight excluding hydrogens is 219 g/mol. The number of aliphatic imine (C=N–C) groups is 1. The highest BCUT2D eigenvalue weighted by molar-refractivity contribution is 5.77. The Morgan fingerprint density at radius 3 is 2.82 bits per heavy atom. The smallest absolute Gasteiger partial charge is 0.183 e. The summed E-state index contributed by atoms with van der Waals surface area (Å²) in [6.45, 7) is 1.35. The molecule has 0 aromatic heterocycles. The fourth-order valence-corrected chi connectivity index (χ4v) is 1.85. The van der Waals surface area contributed by atoms with Gasteiger partial charge < -0.3 is 10.5 Å². The van der Waals surface area contributed by atoms with Crippen molar-refractivity contribution in [1.82, 2.24) is 0 Å². The summed E-state index contributed by atoms with van der Waals surface area (Å²) in [6.07, 6.45) is 2.59. The van der Waals surface area contributed by atoms with Crippen LogP contribution in [0.1, 0.15) is 18.4 Å². The SMILES string of the molecule is NCCCC1=NCC(Cc2ccc(F)cc2)O1. The third-order valence-corrected chi connectivity index (χ3v) is 2.75. The highest BCUT2D eigenvalue weighted by Gasteiger charge is 2.19. The van der Waals surface area contributed by atoms with Gasteiger partial charge in [0.25, 0.3) is 0 Å². The van der Waals surface area contributed by atoms with Gasteiger partial charge in [-0.05, 0) is 30.7 Å². The minimum absolute atomic E-state index is 0.0910. The molecule has 1 aliphatic heterocycles. The Bertz CT molecular complexity index is 389. The quantitative estimate of drug-likeness (QED) is 0.848. The number of halogens is 1. The molecule has 1 heterocycles. The molecule has 1 unspecified atom stereocenters. The lowest BCUT2D eigenvalue weighted by atomic mass is 10.1. The van der Waals surface area contributed by atoms with Crippen LogP contribution in [0.5, 0.6) is 0 Å². The van der Waals surface area contributed by atoms with Crippen LogP contribution in [0.3, 0.4) is 0 Å². The van der Waals surface area contributed by atoms with Crippen molar-refractivity contribution in [3.63, 3.8) is 0 Å². The monoisotopic (exact) mass is 236 g/mol. The molecule has 0 amide bonds. The zero-order valence-electron chi connectivity index (χ0n) is 9.73. The Morgan fingerprint density at radius 1 is 1.35 bits per heavy atom. The zero-order valence-corrected chi connectivity index (χ0v) is 9.73. The largest absolute Gasteiger partial charge is 0.475 e. The molecule has 1 atom stereocenters. The summed E-state index contributed by atoms with van der Waals surface area (Å²) >= 11 is 0. The maximum absolute atomic E-state index is 12.7. The molecule has 17 heavy (non-hydrogen) atoms. The second-order valence-electron chi connectivity index (χ2n) is 4.20.